The molecule has 1 N–H and O–H groups in total. The van der Waals surface area contributed by atoms with Gasteiger partial charge >= 0.3 is 0 Å². The van der Waals surface area contributed by atoms with Crippen molar-refractivity contribution in [1.82, 2.24) is 10.2 Å². The topological polar surface area (TPSA) is 44.8 Å². The summed E-state index contributed by atoms with van der Waals surface area (Å²) in [4.78, 5) is 17.2. The smallest absolute Gasteiger partial charge is 0.242 e. The predicted molar refractivity (Wildman–Crippen MR) is 123 cm³/mol. The Morgan fingerprint density at radius 2 is 1.77 bits per heavy atom. The minimum atomic E-state index is -0.364. The summed E-state index contributed by atoms with van der Waals surface area (Å²) in [5.41, 5.74) is 2.29. The van der Waals surface area contributed by atoms with Crippen molar-refractivity contribution in [3.8, 4) is 0 Å². The van der Waals surface area contributed by atoms with E-state index in [2.05, 4.69) is 10.2 Å². The molecule has 1 fully saturated rings. The minimum Gasteiger partial charge on any atom is -0.372 e. The van der Waals surface area contributed by atoms with Gasteiger partial charge in [-0.05, 0) is 50.2 Å². The molecule has 5 nitrogen and oxygen atoms in total. The molecule has 3 atom stereocenters. The second kappa shape index (κ2) is 10.7. The molecule has 3 unspecified atom stereocenters. The lowest BCUT2D eigenvalue weighted by Gasteiger charge is -2.37. The average Bonchev–Trinajstić information content (AvgIpc) is 2.75. The zero-order valence-electron chi connectivity index (χ0n) is 19.0. The maximum absolute atomic E-state index is 14.9. The molecule has 0 saturated carbocycles. The summed E-state index contributed by atoms with van der Waals surface area (Å²) in [5, 5.41) is 3.01. The van der Waals surface area contributed by atoms with Gasteiger partial charge in [0.1, 0.15) is 11.9 Å². The molecule has 1 amide bonds. The van der Waals surface area contributed by atoms with Crippen LogP contribution in [0, 0.1) is 5.82 Å². The molecule has 3 rings (SSSR count). The van der Waals surface area contributed by atoms with Crippen LogP contribution in [0.2, 0.25) is 0 Å². The molecule has 0 bridgehead atoms. The number of halogens is 1. The van der Waals surface area contributed by atoms with Crippen LogP contribution in [0.1, 0.15) is 44.9 Å². The SMILES string of the molecule is CCN(CC)C(C(=O)NCc1ccc(N2CC(C)OC(C)C2)c(F)c1)c1ccccc1. The zero-order chi connectivity index (χ0) is 22.4. The van der Waals surface area contributed by atoms with Crippen molar-refractivity contribution in [2.75, 3.05) is 31.1 Å². The highest BCUT2D eigenvalue weighted by atomic mass is 19.1. The Labute approximate surface area is 185 Å². The summed E-state index contributed by atoms with van der Waals surface area (Å²) in [6.07, 6.45) is 0.134. The van der Waals surface area contributed by atoms with E-state index >= 15 is 0 Å². The van der Waals surface area contributed by atoms with Gasteiger partial charge in [0.2, 0.25) is 5.91 Å². The number of carbonyl (C=O) groups is 1. The van der Waals surface area contributed by atoms with Crippen LogP contribution >= 0.6 is 0 Å². The number of ether oxygens (including phenoxy) is 1. The van der Waals surface area contributed by atoms with Gasteiger partial charge in [0.05, 0.1) is 17.9 Å². The van der Waals surface area contributed by atoms with Crippen LogP contribution in [0.5, 0.6) is 0 Å². The summed E-state index contributed by atoms with van der Waals surface area (Å²) >= 11 is 0. The van der Waals surface area contributed by atoms with Crippen LogP contribution in [-0.4, -0.2) is 49.2 Å². The highest BCUT2D eigenvalue weighted by Gasteiger charge is 2.26. The van der Waals surface area contributed by atoms with Gasteiger partial charge in [-0.2, -0.15) is 0 Å². The Kier molecular flexibility index (Phi) is 8.04. The average molecular weight is 428 g/mol. The van der Waals surface area contributed by atoms with Gasteiger partial charge in [-0.3, -0.25) is 9.69 Å². The molecule has 31 heavy (non-hydrogen) atoms. The van der Waals surface area contributed by atoms with E-state index in [9.17, 15) is 9.18 Å². The maximum Gasteiger partial charge on any atom is 0.242 e. The van der Waals surface area contributed by atoms with Gasteiger partial charge in [0, 0.05) is 19.6 Å². The van der Waals surface area contributed by atoms with E-state index in [1.54, 1.807) is 6.07 Å². The Morgan fingerprint density at radius 3 is 2.35 bits per heavy atom. The lowest BCUT2D eigenvalue weighted by Crippen LogP contribution is -2.45. The molecule has 1 aliphatic rings. The van der Waals surface area contributed by atoms with Gasteiger partial charge < -0.3 is 15.0 Å². The second-order valence-corrected chi connectivity index (χ2v) is 8.20. The summed E-state index contributed by atoms with van der Waals surface area (Å²) < 4.78 is 20.6. The lowest BCUT2D eigenvalue weighted by atomic mass is 10.0. The molecule has 168 valence electrons. The Hall–Kier alpha value is -2.44. The van der Waals surface area contributed by atoms with Crippen LogP contribution < -0.4 is 10.2 Å². The highest BCUT2D eigenvalue weighted by Crippen LogP contribution is 2.25. The van der Waals surface area contributed by atoms with Crippen molar-refractivity contribution in [1.29, 1.82) is 0 Å². The molecule has 0 radical (unpaired) electrons. The number of carbonyl (C=O) groups excluding carboxylic acids is 1. The molecule has 1 heterocycles. The third-order valence-electron chi connectivity index (χ3n) is 5.78. The van der Waals surface area contributed by atoms with E-state index in [-0.39, 0.29) is 36.5 Å². The summed E-state index contributed by atoms with van der Waals surface area (Å²) in [7, 11) is 0. The van der Waals surface area contributed by atoms with E-state index in [4.69, 9.17) is 4.74 Å². The fourth-order valence-corrected chi connectivity index (χ4v) is 4.33. The molecule has 0 spiro atoms. The third kappa shape index (κ3) is 5.83. The standard InChI is InChI=1S/C25H34FN3O2/c1-5-28(6-2)24(21-10-8-7-9-11-21)25(30)27-15-20-12-13-23(22(26)14-20)29-16-18(3)31-19(4)17-29/h7-14,18-19,24H,5-6,15-17H2,1-4H3,(H,27,30). The number of likely N-dealkylation sites (N-methyl/N-ethyl adjacent to an activating group) is 1. The minimum absolute atomic E-state index is 0.0668. The molecule has 6 heteroatoms. The summed E-state index contributed by atoms with van der Waals surface area (Å²) in [5.74, 6) is -0.341. The molecule has 2 aromatic rings. The fraction of sp³-hybridized carbons (Fsp3) is 0.480. The van der Waals surface area contributed by atoms with Crippen molar-refractivity contribution in [3.63, 3.8) is 0 Å². The molecule has 1 saturated heterocycles. The van der Waals surface area contributed by atoms with Crippen molar-refractivity contribution < 1.29 is 13.9 Å². The number of nitrogens with zero attached hydrogens (tertiary/aromatic N) is 2. The first-order chi connectivity index (χ1) is 14.9. The van der Waals surface area contributed by atoms with Gasteiger partial charge in [0.25, 0.3) is 0 Å². The fourth-order valence-electron chi connectivity index (χ4n) is 4.33. The highest BCUT2D eigenvalue weighted by molar-refractivity contribution is 5.83. The van der Waals surface area contributed by atoms with E-state index in [1.807, 2.05) is 69.0 Å². The zero-order valence-corrected chi connectivity index (χ0v) is 19.0. The van der Waals surface area contributed by atoms with Gasteiger partial charge in [-0.25, -0.2) is 4.39 Å². The first-order valence-electron chi connectivity index (χ1n) is 11.2. The number of nitrogens with one attached hydrogen (secondary N) is 1. The molecule has 1 aliphatic heterocycles. The summed E-state index contributed by atoms with van der Waals surface area (Å²) in [6, 6.07) is 14.6. The van der Waals surface area contributed by atoms with Crippen molar-refractivity contribution >= 4 is 11.6 Å². The first kappa shape index (κ1) is 23.2. The van der Waals surface area contributed by atoms with Gasteiger partial charge in [-0.15, -0.1) is 0 Å². The largest absolute Gasteiger partial charge is 0.372 e. The summed E-state index contributed by atoms with van der Waals surface area (Å²) in [6.45, 7) is 11.3. The monoisotopic (exact) mass is 427 g/mol. The van der Waals surface area contributed by atoms with E-state index < -0.39 is 0 Å². The van der Waals surface area contributed by atoms with Gasteiger partial charge in [-0.1, -0.05) is 50.2 Å². The first-order valence-corrected chi connectivity index (χ1v) is 11.2. The van der Waals surface area contributed by atoms with Crippen LogP contribution in [-0.2, 0) is 16.1 Å². The predicted octanol–water partition coefficient (Wildman–Crippen LogP) is 4.14. The van der Waals surface area contributed by atoms with Crippen LogP contribution in [0.4, 0.5) is 10.1 Å². The van der Waals surface area contributed by atoms with Crippen molar-refractivity contribution in [3.05, 3.63) is 65.5 Å². The number of hydrogen-bond donors (Lipinski definition) is 1. The number of rotatable bonds is 8. The molecule has 2 aromatic carbocycles. The number of hydrogen-bond acceptors (Lipinski definition) is 4. The molecule has 0 aromatic heterocycles. The second-order valence-electron chi connectivity index (χ2n) is 8.20. The van der Waals surface area contributed by atoms with Crippen LogP contribution in [0.15, 0.2) is 48.5 Å². The molecular weight excluding hydrogens is 393 g/mol. The Balaban J connectivity index is 1.69. The van der Waals surface area contributed by atoms with E-state index in [1.165, 1.54) is 6.07 Å². The number of anilines is 1. The van der Waals surface area contributed by atoms with Gasteiger partial charge in [0.15, 0.2) is 0 Å². The normalized spacial score (nSPS) is 20.0. The number of morpholine rings is 1. The molecular formula is C25H34FN3O2. The number of amides is 1. The van der Waals surface area contributed by atoms with E-state index in [0.29, 0.717) is 18.8 Å². The van der Waals surface area contributed by atoms with Crippen LogP contribution in [0.3, 0.4) is 0 Å². The lowest BCUT2D eigenvalue weighted by molar-refractivity contribution is -0.126. The third-order valence-corrected chi connectivity index (χ3v) is 5.78. The number of benzene rings is 2. The Morgan fingerprint density at radius 1 is 1.13 bits per heavy atom. The quantitative estimate of drug-likeness (QED) is 0.688. The molecule has 0 aliphatic carbocycles. The maximum atomic E-state index is 14.9. The van der Waals surface area contributed by atoms with Crippen molar-refractivity contribution in [2.45, 2.75) is 52.5 Å². The van der Waals surface area contributed by atoms with Crippen molar-refractivity contribution in [2.24, 2.45) is 0 Å². The Bertz CT molecular complexity index is 847. The van der Waals surface area contributed by atoms with Crippen LogP contribution in [0.25, 0.3) is 0 Å². The van der Waals surface area contributed by atoms with E-state index in [0.717, 1.165) is 24.2 Å².